The fourth-order valence-electron chi connectivity index (χ4n) is 3.13. The summed E-state index contributed by atoms with van der Waals surface area (Å²) in [4.78, 5) is 34.8. The standard InChI is InChI=1S/C20H26N5O2/c1-12(2)11-21-7-5-6-8-25-16-10-14(4)13(3)9-15(16)22-17-18(25)23-20(27)24-19(17)26/h9-10,21H,5-8,11H2,1-4H3,(H,24,26,27). The number of aromatic amines is 1. The number of hydrogen-bond acceptors (Lipinski definition) is 5. The minimum absolute atomic E-state index is 0.208. The van der Waals surface area contributed by atoms with Crippen LogP contribution >= 0.6 is 0 Å². The first-order valence-corrected chi connectivity index (χ1v) is 9.28. The molecule has 0 atom stereocenters. The lowest BCUT2D eigenvalue weighted by Gasteiger charge is -2.18. The smallest absolute Gasteiger partial charge is 0.322 e. The minimum atomic E-state index is -0.637. The molecule has 7 heteroatoms. The Morgan fingerprint density at radius 2 is 1.85 bits per heavy atom. The summed E-state index contributed by atoms with van der Waals surface area (Å²) < 4.78 is 1.96. The molecule has 0 saturated heterocycles. The molecule has 0 amide bonds. The van der Waals surface area contributed by atoms with Crippen LogP contribution in [-0.4, -0.2) is 32.6 Å². The van der Waals surface area contributed by atoms with Crippen LogP contribution in [0.25, 0.3) is 22.6 Å². The van der Waals surface area contributed by atoms with Crippen molar-refractivity contribution < 1.29 is 0 Å². The first-order chi connectivity index (χ1) is 12.9. The first-order valence-electron chi connectivity index (χ1n) is 9.28. The Morgan fingerprint density at radius 3 is 2.59 bits per heavy atom. The molecule has 0 fully saturated rings. The van der Waals surface area contributed by atoms with E-state index in [1.54, 1.807) is 0 Å². The molecule has 0 saturated carbocycles. The summed E-state index contributed by atoms with van der Waals surface area (Å²) in [5.74, 6) is 1.71. The molecule has 0 aliphatic carbocycles. The first kappa shape index (κ1) is 19.2. The number of rotatable bonds is 7. The second-order valence-electron chi connectivity index (χ2n) is 7.32. The summed E-state index contributed by atoms with van der Waals surface area (Å²) in [5, 5.41) is 3.40. The molecule has 1 aromatic carbocycles. The van der Waals surface area contributed by atoms with Gasteiger partial charge in [0.1, 0.15) is 0 Å². The maximum atomic E-state index is 12.2. The summed E-state index contributed by atoms with van der Waals surface area (Å²) in [6.45, 7) is 10.8. The third-order valence-electron chi connectivity index (χ3n) is 4.69. The highest BCUT2D eigenvalue weighted by atomic mass is 16.2. The molecule has 0 aromatic heterocycles. The van der Waals surface area contributed by atoms with Gasteiger partial charge in [0, 0.05) is 13.1 Å². The van der Waals surface area contributed by atoms with Crippen LogP contribution in [0, 0.1) is 19.8 Å². The van der Waals surface area contributed by atoms with Gasteiger partial charge in [0.25, 0.3) is 5.56 Å². The fraction of sp³-hybridized carbons (Fsp3) is 0.450. The van der Waals surface area contributed by atoms with E-state index in [0.717, 1.165) is 48.1 Å². The second kappa shape index (κ2) is 8.00. The number of unbranched alkanes of at least 4 members (excludes halogenated alkanes) is 1. The van der Waals surface area contributed by atoms with E-state index in [0.29, 0.717) is 12.4 Å². The Labute approximate surface area is 158 Å². The van der Waals surface area contributed by atoms with Crippen LogP contribution < -0.4 is 16.6 Å². The Balaban J connectivity index is 1.98. The molecular formula is C20H26N5O2. The fourth-order valence-corrected chi connectivity index (χ4v) is 3.13. The van der Waals surface area contributed by atoms with Crippen LogP contribution in [0.5, 0.6) is 0 Å². The van der Waals surface area contributed by atoms with Crippen molar-refractivity contribution in [2.75, 3.05) is 13.1 Å². The van der Waals surface area contributed by atoms with Gasteiger partial charge in [-0.25, -0.2) is 9.78 Å². The van der Waals surface area contributed by atoms with Gasteiger partial charge in [-0.2, -0.15) is 4.98 Å². The second-order valence-corrected chi connectivity index (χ2v) is 7.32. The number of aromatic nitrogens is 4. The maximum absolute atomic E-state index is 12.2. The van der Waals surface area contributed by atoms with Gasteiger partial charge in [-0.1, -0.05) is 13.8 Å². The van der Waals surface area contributed by atoms with Crippen LogP contribution in [0.15, 0.2) is 21.7 Å². The van der Waals surface area contributed by atoms with E-state index in [2.05, 4.69) is 40.2 Å². The zero-order valence-corrected chi connectivity index (χ0v) is 16.3. The lowest BCUT2D eigenvalue weighted by molar-refractivity contribution is 0.576. The van der Waals surface area contributed by atoms with Crippen molar-refractivity contribution in [1.82, 2.24) is 24.8 Å². The number of benzene rings is 1. The van der Waals surface area contributed by atoms with E-state index < -0.39 is 11.2 Å². The number of nitrogens with zero attached hydrogens (tertiary/aromatic N) is 3. The molecular weight excluding hydrogens is 342 g/mol. The predicted molar refractivity (Wildman–Crippen MR) is 107 cm³/mol. The van der Waals surface area contributed by atoms with Crippen molar-refractivity contribution in [3.63, 3.8) is 0 Å². The van der Waals surface area contributed by atoms with Crippen LogP contribution in [0.4, 0.5) is 0 Å². The van der Waals surface area contributed by atoms with Crippen LogP contribution in [0.2, 0.25) is 0 Å². The third kappa shape index (κ3) is 4.24. The number of aryl methyl sites for hydroxylation is 3. The van der Waals surface area contributed by atoms with Crippen molar-refractivity contribution in [2.45, 2.75) is 47.1 Å². The molecule has 0 bridgehead atoms. The number of hydrogen-bond donors (Lipinski definition) is 2. The molecule has 2 aliphatic heterocycles. The number of fused-ring (bicyclic) bond motifs is 2. The Hall–Kier alpha value is -2.54. The van der Waals surface area contributed by atoms with Gasteiger partial charge in [0.15, 0.2) is 11.5 Å². The van der Waals surface area contributed by atoms with Gasteiger partial charge >= 0.3 is 5.69 Å². The van der Waals surface area contributed by atoms with Crippen LogP contribution in [0.3, 0.4) is 0 Å². The Kier molecular flexibility index (Phi) is 5.70. The van der Waals surface area contributed by atoms with E-state index >= 15 is 0 Å². The van der Waals surface area contributed by atoms with E-state index in [1.165, 1.54) is 5.92 Å². The van der Waals surface area contributed by atoms with Gasteiger partial charge in [0.2, 0.25) is 0 Å². The molecule has 0 spiro atoms. The summed E-state index contributed by atoms with van der Waals surface area (Å²) in [5.41, 5.74) is 2.97. The summed E-state index contributed by atoms with van der Waals surface area (Å²) in [7, 11) is 0. The van der Waals surface area contributed by atoms with Crippen molar-refractivity contribution in [3.8, 4) is 11.5 Å². The summed E-state index contributed by atoms with van der Waals surface area (Å²) in [6.07, 6.45) is 1.90. The highest BCUT2D eigenvalue weighted by Gasteiger charge is 2.18. The molecule has 143 valence electrons. The Bertz CT molecular complexity index is 1030. The van der Waals surface area contributed by atoms with E-state index in [4.69, 9.17) is 0 Å². The summed E-state index contributed by atoms with van der Waals surface area (Å²) >= 11 is 0. The van der Waals surface area contributed by atoms with Gasteiger partial charge in [0.05, 0.1) is 11.0 Å². The number of H-pyrrole nitrogens is 1. The highest BCUT2D eigenvalue weighted by Crippen LogP contribution is 2.24. The van der Waals surface area contributed by atoms with Gasteiger partial charge in [-0.3, -0.25) is 9.78 Å². The predicted octanol–water partition coefficient (Wildman–Crippen LogP) is 2.19. The maximum Gasteiger partial charge on any atom is 0.349 e. The average molecular weight is 368 g/mol. The van der Waals surface area contributed by atoms with Crippen molar-refractivity contribution in [1.29, 1.82) is 0 Å². The highest BCUT2D eigenvalue weighted by molar-refractivity contribution is 5.81. The van der Waals surface area contributed by atoms with Gasteiger partial charge < -0.3 is 9.88 Å². The topological polar surface area (TPSA) is 92.7 Å². The molecule has 2 aliphatic rings. The van der Waals surface area contributed by atoms with Crippen LogP contribution in [-0.2, 0) is 6.54 Å². The van der Waals surface area contributed by atoms with E-state index in [9.17, 15) is 9.59 Å². The molecule has 0 unspecified atom stereocenters. The van der Waals surface area contributed by atoms with E-state index in [1.807, 2.05) is 24.5 Å². The van der Waals surface area contributed by atoms with Crippen molar-refractivity contribution >= 4 is 11.0 Å². The molecule has 2 N–H and O–H groups in total. The third-order valence-corrected chi connectivity index (χ3v) is 4.69. The summed E-state index contributed by atoms with van der Waals surface area (Å²) in [6, 6.07) is 4.03. The number of nitrogens with one attached hydrogen (secondary N) is 2. The largest absolute Gasteiger partial charge is 0.349 e. The molecule has 1 aromatic rings. The molecule has 2 heterocycles. The normalized spacial score (nSPS) is 11.7. The quantitative estimate of drug-likeness (QED) is 0.493. The monoisotopic (exact) mass is 368 g/mol. The SMILES string of the molecule is C[C](C)CNCCCCn1c2nc(=O)[nH]c(=O)c-2nc2cc(C)c(C)cc21. The zero-order chi connectivity index (χ0) is 19.6. The average Bonchev–Trinajstić information content (AvgIpc) is 2.59. The van der Waals surface area contributed by atoms with Gasteiger partial charge in [-0.05, 0) is 62.4 Å². The molecule has 3 rings (SSSR count). The zero-order valence-electron chi connectivity index (χ0n) is 16.3. The molecule has 1 radical (unpaired) electrons. The molecule has 27 heavy (non-hydrogen) atoms. The van der Waals surface area contributed by atoms with Crippen molar-refractivity contribution in [3.05, 3.63) is 50.0 Å². The lowest BCUT2D eigenvalue weighted by Crippen LogP contribution is -2.29. The van der Waals surface area contributed by atoms with E-state index in [-0.39, 0.29) is 5.69 Å². The lowest BCUT2D eigenvalue weighted by atomic mass is 10.1. The van der Waals surface area contributed by atoms with Gasteiger partial charge in [-0.15, -0.1) is 0 Å². The minimum Gasteiger partial charge on any atom is -0.322 e. The van der Waals surface area contributed by atoms with Crippen molar-refractivity contribution in [2.24, 2.45) is 0 Å². The Morgan fingerprint density at radius 1 is 1.11 bits per heavy atom. The van der Waals surface area contributed by atoms with Crippen LogP contribution in [0.1, 0.15) is 37.8 Å². The molecule has 7 nitrogen and oxygen atoms in total.